The van der Waals surface area contributed by atoms with Gasteiger partial charge in [0.1, 0.15) is 0 Å². The fourth-order valence-electron chi connectivity index (χ4n) is 4.20. The summed E-state index contributed by atoms with van der Waals surface area (Å²) < 4.78 is 0. The van der Waals surface area contributed by atoms with Crippen LogP contribution in [0, 0.1) is 17.8 Å². The molecule has 154 valence electrons. The van der Waals surface area contributed by atoms with Crippen LogP contribution in [-0.4, -0.2) is 62.1 Å². The van der Waals surface area contributed by atoms with Gasteiger partial charge in [-0.25, -0.2) is 0 Å². The van der Waals surface area contributed by atoms with Crippen molar-refractivity contribution in [1.29, 1.82) is 0 Å². The molecule has 3 N–H and O–H groups in total. The number of aliphatic imine (C=N–C) groups is 1. The van der Waals surface area contributed by atoms with Crippen molar-refractivity contribution < 1.29 is 4.79 Å². The second-order valence-corrected chi connectivity index (χ2v) is 8.60. The number of likely N-dealkylation sites (tertiary alicyclic amines) is 1. The third kappa shape index (κ3) is 6.98. The number of piperidine rings is 1. The van der Waals surface area contributed by atoms with Crippen LogP contribution in [0.4, 0.5) is 0 Å². The Morgan fingerprint density at radius 1 is 1.04 bits per heavy atom. The highest BCUT2D eigenvalue weighted by atomic mass is 16.2. The molecule has 0 bridgehead atoms. The van der Waals surface area contributed by atoms with E-state index in [1.54, 1.807) is 0 Å². The quantitative estimate of drug-likeness (QED) is 0.402. The number of nitrogens with zero attached hydrogens (tertiary/aromatic N) is 2. The molecular formula is C21H39N5O. The van der Waals surface area contributed by atoms with Gasteiger partial charge in [0.25, 0.3) is 0 Å². The van der Waals surface area contributed by atoms with Crippen LogP contribution in [-0.2, 0) is 4.79 Å². The summed E-state index contributed by atoms with van der Waals surface area (Å²) in [6, 6.07) is 0.457. The lowest BCUT2D eigenvalue weighted by Crippen LogP contribution is -2.50. The lowest BCUT2D eigenvalue weighted by Gasteiger charge is -2.32. The van der Waals surface area contributed by atoms with Crippen LogP contribution in [0.15, 0.2) is 4.99 Å². The predicted molar refractivity (Wildman–Crippen MR) is 111 cm³/mol. The van der Waals surface area contributed by atoms with Gasteiger partial charge in [0, 0.05) is 38.8 Å². The molecule has 0 radical (unpaired) electrons. The maximum atomic E-state index is 11.9. The van der Waals surface area contributed by atoms with Crippen LogP contribution < -0.4 is 16.0 Å². The monoisotopic (exact) mass is 377 g/mol. The highest BCUT2D eigenvalue weighted by Crippen LogP contribution is 2.49. The molecule has 0 spiro atoms. The van der Waals surface area contributed by atoms with E-state index in [1.165, 1.54) is 25.7 Å². The largest absolute Gasteiger partial charge is 0.357 e. The minimum absolute atomic E-state index is 0.157. The first kappa shape index (κ1) is 20.4. The van der Waals surface area contributed by atoms with Crippen molar-refractivity contribution in [2.45, 2.75) is 64.8 Å². The first-order valence-electron chi connectivity index (χ1n) is 11.2. The number of rotatable bonds is 10. The number of carbonyl (C=O) groups is 1. The van der Waals surface area contributed by atoms with Crippen molar-refractivity contribution in [2.24, 2.45) is 22.7 Å². The molecule has 3 fully saturated rings. The van der Waals surface area contributed by atoms with E-state index < -0.39 is 0 Å². The van der Waals surface area contributed by atoms with Gasteiger partial charge in [-0.15, -0.1) is 0 Å². The summed E-state index contributed by atoms with van der Waals surface area (Å²) in [5.41, 5.74) is 0. The van der Waals surface area contributed by atoms with E-state index in [1.807, 2.05) is 0 Å². The van der Waals surface area contributed by atoms with Crippen LogP contribution >= 0.6 is 0 Å². The van der Waals surface area contributed by atoms with Crippen LogP contribution in [0.3, 0.4) is 0 Å². The summed E-state index contributed by atoms with van der Waals surface area (Å²) in [5.74, 6) is 3.87. The molecule has 3 rings (SSSR count). The molecular weight excluding hydrogens is 338 g/mol. The summed E-state index contributed by atoms with van der Waals surface area (Å²) in [4.78, 5) is 19.1. The number of guanidine groups is 1. The third-order valence-corrected chi connectivity index (χ3v) is 6.13. The van der Waals surface area contributed by atoms with Gasteiger partial charge in [-0.2, -0.15) is 0 Å². The average Bonchev–Trinajstić information content (AvgIpc) is 3.55. The normalized spacial score (nSPS) is 22.1. The summed E-state index contributed by atoms with van der Waals surface area (Å²) >= 11 is 0. The van der Waals surface area contributed by atoms with Crippen molar-refractivity contribution in [3.05, 3.63) is 0 Å². The Hall–Kier alpha value is -1.30. The van der Waals surface area contributed by atoms with Crippen LogP contribution in [0.5, 0.6) is 0 Å². The van der Waals surface area contributed by atoms with Crippen molar-refractivity contribution in [1.82, 2.24) is 20.9 Å². The summed E-state index contributed by atoms with van der Waals surface area (Å²) in [6.07, 6.45) is 8.82. The van der Waals surface area contributed by atoms with Gasteiger partial charge in [-0.1, -0.05) is 6.92 Å². The van der Waals surface area contributed by atoms with Gasteiger partial charge in [-0.05, 0) is 69.6 Å². The first-order chi connectivity index (χ1) is 13.2. The molecule has 0 unspecified atom stereocenters. The highest BCUT2D eigenvalue weighted by Gasteiger charge is 2.41. The van der Waals surface area contributed by atoms with Crippen molar-refractivity contribution in [3.8, 4) is 0 Å². The summed E-state index contributed by atoms with van der Waals surface area (Å²) in [6.45, 7) is 9.37. The number of amides is 1. The fourth-order valence-corrected chi connectivity index (χ4v) is 4.20. The first-order valence-corrected chi connectivity index (χ1v) is 11.2. The topological polar surface area (TPSA) is 68.8 Å². The van der Waals surface area contributed by atoms with E-state index in [-0.39, 0.29) is 5.91 Å². The third-order valence-electron chi connectivity index (χ3n) is 6.13. The van der Waals surface area contributed by atoms with Gasteiger partial charge < -0.3 is 16.0 Å². The zero-order chi connectivity index (χ0) is 19.1. The Bertz CT molecular complexity index is 481. The maximum absolute atomic E-state index is 11.9. The fraction of sp³-hybridized carbons (Fsp3) is 0.905. The van der Waals surface area contributed by atoms with Gasteiger partial charge in [0.15, 0.2) is 5.96 Å². The van der Waals surface area contributed by atoms with Crippen LogP contribution in [0.1, 0.15) is 58.8 Å². The summed E-state index contributed by atoms with van der Waals surface area (Å²) in [5, 5.41) is 10.1. The van der Waals surface area contributed by atoms with E-state index in [9.17, 15) is 4.79 Å². The van der Waals surface area contributed by atoms with E-state index in [0.29, 0.717) is 12.6 Å². The summed E-state index contributed by atoms with van der Waals surface area (Å²) in [7, 11) is 0. The van der Waals surface area contributed by atoms with Crippen molar-refractivity contribution in [2.75, 3.05) is 39.3 Å². The molecule has 0 atom stereocenters. The van der Waals surface area contributed by atoms with Crippen LogP contribution in [0.25, 0.3) is 0 Å². The van der Waals surface area contributed by atoms with Gasteiger partial charge >= 0.3 is 0 Å². The molecule has 27 heavy (non-hydrogen) atoms. The zero-order valence-electron chi connectivity index (χ0n) is 17.3. The molecule has 6 heteroatoms. The number of hydrogen-bond donors (Lipinski definition) is 3. The Balaban J connectivity index is 1.41. The van der Waals surface area contributed by atoms with E-state index in [2.05, 4.69) is 34.7 Å². The minimum Gasteiger partial charge on any atom is -0.357 e. The smallest absolute Gasteiger partial charge is 0.234 e. The van der Waals surface area contributed by atoms with Gasteiger partial charge in [0.05, 0.1) is 6.54 Å². The van der Waals surface area contributed by atoms with Gasteiger partial charge in [-0.3, -0.25) is 14.7 Å². The molecule has 0 aromatic heterocycles. The second-order valence-electron chi connectivity index (χ2n) is 8.60. The number of carbonyl (C=O) groups excluding carboxylic acids is 1. The standard InChI is InChI=1S/C21H39N5O/c1-3-11-23-20(27)15-26-12-9-18(10-13-26)25-21(22-4-2)24-14-19(16-5-6-16)17-7-8-17/h16-19H,3-15H2,1-2H3,(H,23,27)(H2,22,24,25). The second kappa shape index (κ2) is 10.3. The Kier molecular flexibility index (Phi) is 7.80. The molecule has 3 aliphatic rings. The molecule has 0 aromatic carbocycles. The SMILES string of the molecule is CCCNC(=O)CN1CCC(NC(=NCC(C2CC2)C2CC2)NCC)CC1. The lowest BCUT2D eigenvalue weighted by molar-refractivity contribution is -0.122. The Morgan fingerprint density at radius 2 is 1.70 bits per heavy atom. The van der Waals surface area contributed by atoms with Crippen molar-refractivity contribution in [3.63, 3.8) is 0 Å². The van der Waals surface area contributed by atoms with E-state index >= 15 is 0 Å². The van der Waals surface area contributed by atoms with Gasteiger partial charge in [0.2, 0.25) is 5.91 Å². The number of hydrogen-bond acceptors (Lipinski definition) is 3. The molecule has 6 nitrogen and oxygen atoms in total. The molecule has 0 aromatic rings. The lowest BCUT2D eigenvalue weighted by atomic mass is 9.98. The molecule has 1 saturated heterocycles. The number of nitrogens with one attached hydrogen (secondary N) is 3. The average molecular weight is 378 g/mol. The molecule has 1 aliphatic heterocycles. The molecule has 2 saturated carbocycles. The van der Waals surface area contributed by atoms with E-state index in [4.69, 9.17) is 4.99 Å². The molecule has 1 amide bonds. The maximum Gasteiger partial charge on any atom is 0.234 e. The van der Waals surface area contributed by atoms with Crippen molar-refractivity contribution >= 4 is 11.9 Å². The van der Waals surface area contributed by atoms with Crippen LogP contribution in [0.2, 0.25) is 0 Å². The zero-order valence-corrected chi connectivity index (χ0v) is 17.3. The van der Waals surface area contributed by atoms with E-state index in [0.717, 1.165) is 75.7 Å². The predicted octanol–water partition coefficient (Wildman–Crippen LogP) is 1.97. The minimum atomic E-state index is 0.157. The highest BCUT2D eigenvalue weighted by molar-refractivity contribution is 5.80. The Morgan fingerprint density at radius 3 is 2.26 bits per heavy atom. The molecule has 1 heterocycles. The Labute approximate surface area is 164 Å². The molecule has 2 aliphatic carbocycles.